The molecule has 0 rings (SSSR count). The molecule has 0 saturated carbocycles. The molecule has 25 heavy (non-hydrogen) atoms. The van der Waals surface area contributed by atoms with Crippen molar-refractivity contribution in [2.75, 3.05) is 32.2 Å². The average Bonchev–Trinajstić information content (AvgIpc) is 2.54. The van der Waals surface area contributed by atoms with Crippen LogP contribution in [0.1, 0.15) is 19.3 Å². The molecule has 0 radical (unpaired) electrons. The van der Waals surface area contributed by atoms with Gasteiger partial charge in [-0.05, 0) is 12.8 Å². The van der Waals surface area contributed by atoms with Gasteiger partial charge in [-0.15, -0.1) is 20.2 Å². The molecule has 0 saturated heterocycles. The molecule has 144 valence electrons. The number of unbranched alkanes of at least 4 members (excludes halogenated alkanes) is 1. The number of amides is 1. The largest absolute Gasteiger partial charge is 0.464 e. The van der Waals surface area contributed by atoms with E-state index in [0.717, 1.165) is 0 Å². The Bertz CT molecular complexity index is 450. The van der Waals surface area contributed by atoms with Gasteiger partial charge in [0.1, 0.15) is 6.04 Å². The number of nitrogens with one attached hydrogen (secondary N) is 1. The van der Waals surface area contributed by atoms with E-state index in [2.05, 4.69) is 27.6 Å². The van der Waals surface area contributed by atoms with Crippen LogP contribution in [0.5, 0.6) is 0 Å². The summed E-state index contributed by atoms with van der Waals surface area (Å²) in [6.45, 7) is -0.465. The van der Waals surface area contributed by atoms with Gasteiger partial charge in [-0.2, -0.15) is 12.6 Å². The molecule has 1 atom stereocenters. The Labute approximate surface area is 147 Å². The van der Waals surface area contributed by atoms with Gasteiger partial charge in [0.25, 0.3) is 10.2 Å². The first-order valence-electron chi connectivity index (χ1n) is 7.12. The van der Waals surface area contributed by atoms with E-state index in [4.69, 9.17) is 9.47 Å². The maximum Gasteiger partial charge on any atom is 0.407 e. The highest BCUT2D eigenvalue weighted by atomic mass is 32.1. The highest BCUT2D eigenvalue weighted by Crippen LogP contribution is 1.98. The standard InChI is InChI=1S/C11H19N3O10S/c15-10(21-4-1-2-6-23-13(17)18)9(8-25)12-11(16)22-5-3-7-24-14(19)20/h9,25H,1-8H2,(H,12,16). The van der Waals surface area contributed by atoms with Crippen LogP contribution in [0.25, 0.3) is 0 Å². The van der Waals surface area contributed by atoms with E-state index in [1.165, 1.54) is 0 Å². The fourth-order valence-corrected chi connectivity index (χ4v) is 1.58. The quantitative estimate of drug-likeness (QED) is 0.138. The molecule has 0 heterocycles. The van der Waals surface area contributed by atoms with E-state index in [1.54, 1.807) is 0 Å². The Morgan fingerprint density at radius 3 is 2.00 bits per heavy atom. The summed E-state index contributed by atoms with van der Waals surface area (Å²) in [4.78, 5) is 51.1. The molecular weight excluding hydrogens is 366 g/mol. The smallest absolute Gasteiger partial charge is 0.407 e. The summed E-state index contributed by atoms with van der Waals surface area (Å²) in [5, 5.41) is 20.2. The molecule has 0 aromatic heterocycles. The normalized spacial score (nSPS) is 11.1. The number of hydrogen-bond donors (Lipinski definition) is 2. The summed E-state index contributed by atoms with van der Waals surface area (Å²) < 4.78 is 9.61. The van der Waals surface area contributed by atoms with Crippen molar-refractivity contribution in [3.8, 4) is 0 Å². The summed E-state index contributed by atoms with van der Waals surface area (Å²) in [7, 11) is 0. The number of carbonyl (C=O) groups excluding carboxylic acids is 2. The van der Waals surface area contributed by atoms with Crippen molar-refractivity contribution < 1.29 is 38.9 Å². The predicted molar refractivity (Wildman–Crippen MR) is 82.8 cm³/mol. The van der Waals surface area contributed by atoms with Crippen LogP contribution in [-0.2, 0) is 23.9 Å². The number of ether oxygens (including phenoxy) is 2. The number of hydrogen-bond acceptors (Lipinski definition) is 11. The predicted octanol–water partition coefficient (Wildman–Crippen LogP) is 0.141. The van der Waals surface area contributed by atoms with E-state index in [9.17, 15) is 29.8 Å². The van der Waals surface area contributed by atoms with Crippen LogP contribution >= 0.6 is 12.6 Å². The van der Waals surface area contributed by atoms with Gasteiger partial charge in [-0.3, -0.25) is 0 Å². The highest BCUT2D eigenvalue weighted by Gasteiger charge is 2.21. The van der Waals surface area contributed by atoms with Gasteiger partial charge < -0.3 is 24.5 Å². The molecule has 0 fully saturated rings. The zero-order valence-electron chi connectivity index (χ0n) is 13.2. The van der Waals surface area contributed by atoms with Crippen LogP contribution in [0.4, 0.5) is 4.79 Å². The Morgan fingerprint density at radius 2 is 1.44 bits per heavy atom. The van der Waals surface area contributed by atoms with E-state index >= 15 is 0 Å². The van der Waals surface area contributed by atoms with Gasteiger partial charge in [0.2, 0.25) is 0 Å². The van der Waals surface area contributed by atoms with Crippen LogP contribution in [-0.4, -0.2) is 60.5 Å². The summed E-state index contributed by atoms with van der Waals surface area (Å²) in [6, 6.07) is -1.04. The van der Waals surface area contributed by atoms with Crippen LogP contribution in [0.15, 0.2) is 0 Å². The molecule has 1 N–H and O–H groups in total. The van der Waals surface area contributed by atoms with Crippen molar-refractivity contribution in [2.24, 2.45) is 0 Å². The maximum absolute atomic E-state index is 11.7. The zero-order valence-corrected chi connectivity index (χ0v) is 14.1. The average molecular weight is 385 g/mol. The first kappa shape index (κ1) is 22.5. The lowest BCUT2D eigenvalue weighted by Gasteiger charge is -2.15. The van der Waals surface area contributed by atoms with Gasteiger partial charge in [-0.25, -0.2) is 9.59 Å². The van der Waals surface area contributed by atoms with Crippen LogP contribution in [0.3, 0.4) is 0 Å². The van der Waals surface area contributed by atoms with Gasteiger partial charge in [0.15, 0.2) is 0 Å². The summed E-state index contributed by atoms with van der Waals surface area (Å²) in [6.07, 6.45) is -0.130. The Hall–Kier alpha value is -2.51. The number of esters is 1. The Kier molecular flexibility index (Phi) is 12.5. The number of carbonyl (C=O) groups is 2. The van der Waals surface area contributed by atoms with Crippen molar-refractivity contribution in [2.45, 2.75) is 25.3 Å². The number of nitrogens with zero attached hydrogens (tertiary/aromatic N) is 2. The number of alkyl carbamates (subject to hydrolysis) is 1. The molecule has 0 bridgehead atoms. The molecule has 0 aliphatic carbocycles. The maximum atomic E-state index is 11.7. The lowest BCUT2D eigenvalue weighted by atomic mass is 10.3. The van der Waals surface area contributed by atoms with Crippen molar-refractivity contribution in [1.82, 2.24) is 5.32 Å². The van der Waals surface area contributed by atoms with Crippen molar-refractivity contribution in [3.05, 3.63) is 20.2 Å². The molecule has 0 aromatic rings. The summed E-state index contributed by atoms with van der Waals surface area (Å²) in [5.74, 6) is -0.776. The number of rotatable bonds is 14. The first-order chi connectivity index (χ1) is 11.9. The van der Waals surface area contributed by atoms with Gasteiger partial charge in [0, 0.05) is 12.2 Å². The molecule has 14 heteroatoms. The molecule has 0 aliphatic heterocycles. The molecular formula is C11H19N3O10S. The number of thiol groups is 1. The fraction of sp³-hybridized carbons (Fsp3) is 0.818. The minimum atomic E-state index is -1.04. The summed E-state index contributed by atoms with van der Waals surface area (Å²) in [5.41, 5.74) is 0. The fourth-order valence-electron chi connectivity index (χ4n) is 1.34. The van der Waals surface area contributed by atoms with E-state index < -0.39 is 28.3 Å². The third-order valence-corrected chi connectivity index (χ3v) is 2.82. The molecule has 1 unspecified atom stereocenters. The van der Waals surface area contributed by atoms with Crippen molar-refractivity contribution in [3.63, 3.8) is 0 Å². The summed E-state index contributed by atoms with van der Waals surface area (Å²) >= 11 is 3.92. The van der Waals surface area contributed by atoms with Crippen LogP contribution in [0, 0.1) is 20.2 Å². The second-order valence-electron chi connectivity index (χ2n) is 4.36. The van der Waals surface area contributed by atoms with Gasteiger partial charge in [-0.1, -0.05) is 0 Å². The Balaban J connectivity index is 3.86. The van der Waals surface area contributed by atoms with Gasteiger partial charge in [0.05, 0.1) is 26.4 Å². The zero-order chi connectivity index (χ0) is 19.1. The molecule has 0 aromatic carbocycles. The third-order valence-electron chi connectivity index (χ3n) is 2.46. The minimum absolute atomic E-state index is 0.000851. The third kappa shape index (κ3) is 13.6. The second kappa shape index (κ2) is 13.9. The highest BCUT2D eigenvalue weighted by molar-refractivity contribution is 7.80. The van der Waals surface area contributed by atoms with E-state index in [1.807, 2.05) is 0 Å². The molecule has 0 spiro atoms. The SMILES string of the molecule is O=C(NC(CS)C(=O)OCCCCO[N+](=O)[O-])OCCCO[N+](=O)[O-]. The molecule has 1 amide bonds. The Morgan fingerprint density at radius 1 is 0.920 bits per heavy atom. The van der Waals surface area contributed by atoms with E-state index in [-0.39, 0.29) is 38.6 Å². The second-order valence-corrected chi connectivity index (χ2v) is 4.72. The monoisotopic (exact) mass is 385 g/mol. The van der Waals surface area contributed by atoms with Crippen LogP contribution in [0.2, 0.25) is 0 Å². The topological polar surface area (TPSA) is 169 Å². The van der Waals surface area contributed by atoms with Gasteiger partial charge >= 0.3 is 12.1 Å². The first-order valence-corrected chi connectivity index (χ1v) is 7.75. The lowest BCUT2D eigenvalue weighted by Crippen LogP contribution is -2.43. The van der Waals surface area contributed by atoms with E-state index in [0.29, 0.717) is 12.8 Å². The van der Waals surface area contributed by atoms with Crippen LogP contribution < -0.4 is 5.32 Å². The molecule has 0 aliphatic rings. The van der Waals surface area contributed by atoms with Crippen molar-refractivity contribution in [1.29, 1.82) is 0 Å². The van der Waals surface area contributed by atoms with Crippen molar-refractivity contribution >= 4 is 24.7 Å². The minimum Gasteiger partial charge on any atom is -0.464 e. The lowest BCUT2D eigenvalue weighted by molar-refractivity contribution is -0.757. The molecule has 13 nitrogen and oxygen atoms in total.